The van der Waals surface area contributed by atoms with Gasteiger partial charge in [-0.3, -0.25) is 4.79 Å². The van der Waals surface area contributed by atoms with E-state index in [0.29, 0.717) is 28.5 Å². The van der Waals surface area contributed by atoms with Gasteiger partial charge in [0.2, 0.25) is 5.75 Å². The Kier molecular flexibility index (Phi) is 7.01. The maximum absolute atomic E-state index is 12.7. The fraction of sp³-hybridized carbons (Fsp3) is 0.316. The van der Waals surface area contributed by atoms with E-state index in [1.165, 1.54) is 0 Å². The Morgan fingerprint density at radius 2 is 1.68 bits per heavy atom. The van der Waals surface area contributed by atoms with Crippen LogP contribution >= 0.6 is 11.8 Å². The molecule has 5 nitrogen and oxygen atoms in total. The van der Waals surface area contributed by atoms with Gasteiger partial charge in [-0.1, -0.05) is 19.1 Å². The van der Waals surface area contributed by atoms with Gasteiger partial charge in [-0.2, -0.15) is 0 Å². The number of ether oxygens (including phenoxy) is 3. The van der Waals surface area contributed by atoms with Gasteiger partial charge in [0.05, 0.1) is 26.9 Å². The average Bonchev–Trinajstić information content (AvgIpc) is 2.65. The van der Waals surface area contributed by atoms with Crippen LogP contribution in [0, 0.1) is 0 Å². The van der Waals surface area contributed by atoms with Crippen molar-refractivity contribution in [2.24, 2.45) is 0 Å². The highest BCUT2D eigenvalue weighted by atomic mass is 32.2. The molecule has 6 heteroatoms. The number of anilines is 1. The average molecular weight is 361 g/mol. The molecule has 0 atom stereocenters. The Morgan fingerprint density at radius 1 is 1.04 bits per heavy atom. The molecule has 2 aromatic rings. The molecular formula is C19H23NO4S. The molecular weight excluding hydrogens is 338 g/mol. The summed E-state index contributed by atoms with van der Waals surface area (Å²) in [5.74, 6) is 2.26. The molecule has 134 valence electrons. The lowest BCUT2D eigenvalue weighted by molar-refractivity contribution is 0.102. The predicted octanol–water partition coefficient (Wildman–Crippen LogP) is 4.47. The molecule has 0 aliphatic heterocycles. The lowest BCUT2D eigenvalue weighted by Gasteiger charge is -2.15. The van der Waals surface area contributed by atoms with Crippen LogP contribution < -0.4 is 19.5 Å². The molecule has 0 bridgehead atoms. The SMILES string of the molecule is CCCSc1ccccc1C(=O)Nc1cc(OC)c(OC)c(OC)c1. The van der Waals surface area contributed by atoms with E-state index in [9.17, 15) is 4.79 Å². The summed E-state index contributed by atoms with van der Waals surface area (Å²) in [5, 5.41) is 2.91. The Bertz CT molecular complexity index is 708. The first-order chi connectivity index (χ1) is 12.1. The topological polar surface area (TPSA) is 56.8 Å². The highest BCUT2D eigenvalue weighted by Crippen LogP contribution is 2.40. The van der Waals surface area contributed by atoms with Crippen molar-refractivity contribution in [2.45, 2.75) is 18.2 Å². The summed E-state index contributed by atoms with van der Waals surface area (Å²) in [4.78, 5) is 13.7. The molecule has 0 aromatic heterocycles. The van der Waals surface area contributed by atoms with E-state index in [1.54, 1.807) is 45.2 Å². The van der Waals surface area contributed by atoms with E-state index < -0.39 is 0 Å². The zero-order chi connectivity index (χ0) is 18.2. The molecule has 0 saturated heterocycles. The van der Waals surface area contributed by atoms with Crippen LogP contribution in [-0.2, 0) is 0 Å². The van der Waals surface area contributed by atoms with Gasteiger partial charge in [0.15, 0.2) is 11.5 Å². The van der Waals surface area contributed by atoms with Gasteiger partial charge in [0, 0.05) is 22.7 Å². The van der Waals surface area contributed by atoms with Crippen LogP contribution in [0.1, 0.15) is 23.7 Å². The number of amides is 1. The minimum Gasteiger partial charge on any atom is -0.493 e. The van der Waals surface area contributed by atoms with E-state index in [-0.39, 0.29) is 5.91 Å². The fourth-order valence-corrected chi connectivity index (χ4v) is 3.26. The number of hydrogen-bond acceptors (Lipinski definition) is 5. The number of thioether (sulfide) groups is 1. The van der Waals surface area contributed by atoms with E-state index in [0.717, 1.165) is 17.1 Å². The maximum Gasteiger partial charge on any atom is 0.256 e. The lowest BCUT2D eigenvalue weighted by atomic mass is 10.2. The molecule has 2 aromatic carbocycles. The van der Waals surface area contributed by atoms with Crippen molar-refractivity contribution in [3.63, 3.8) is 0 Å². The molecule has 0 radical (unpaired) electrons. The first-order valence-electron chi connectivity index (χ1n) is 7.97. The van der Waals surface area contributed by atoms with Crippen LogP contribution in [0.2, 0.25) is 0 Å². The van der Waals surface area contributed by atoms with Crippen LogP contribution in [0.3, 0.4) is 0 Å². The fourth-order valence-electron chi connectivity index (χ4n) is 2.34. The predicted molar refractivity (Wildman–Crippen MR) is 102 cm³/mol. The second-order valence-electron chi connectivity index (χ2n) is 5.21. The van der Waals surface area contributed by atoms with E-state index in [2.05, 4.69) is 12.2 Å². The molecule has 0 fully saturated rings. The summed E-state index contributed by atoms with van der Waals surface area (Å²) >= 11 is 1.68. The maximum atomic E-state index is 12.7. The molecule has 0 heterocycles. The van der Waals surface area contributed by atoms with Gasteiger partial charge >= 0.3 is 0 Å². The number of hydrogen-bond donors (Lipinski definition) is 1. The van der Waals surface area contributed by atoms with Gasteiger partial charge in [-0.25, -0.2) is 0 Å². The molecule has 0 aliphatic carbocycles. The van der Waals surface area contributed by atoms with Crippen LogP contribution in [0.15, 0.2) is 41.3 Å². The number of benzene rings is 2. The number of nitrogens with one attached hydrogen (secondary N) is 1. The zero-order valence-corrected chi connectivity index (χ0v) is 15.7. The lowest BCUT2D eigenvalue weighted by Crippen LogP contribution is -2.13. The first-order valence-corrected chi connectivity index (χ1v) is 8.96. The Morgan fingerprint density at radius 3 is 2.24 bits per heavy atom. The van der Waals surface area contributed by atoms with Crippen molar-refractivity contribution < 1.29 is 19.0 Å². The largest absolute Gasteiger partial charge is 0.493 e. The van der Waals surface area contributed by atoms with Crippen LogP contribution in [0.4, 0.5) is 5.69 Å². The van der Waals surface area contributed by atoms with Crippen LogP contribution in [0.5, 0.6) is 17.2 Å². The van der Waals surface area contributed by atoms with E-state index >= 15 is 0 Å². The van der Waals surface area contributed by atoms with Crippen molar-refractivity contribution in [1.29, 1.82) is 0 Å². The molecule has 1 amide bonds. The molecule has 2 rings (SSSR count). The second kappa shape index (κ2) is 9.22. The molecule has 0 spiro atoms. The van der Waals surface area contributed by atoms with Crippen molar-refractivity contribution in [3.05, 3.63) is 42.0 Å². The third-order valence-electron chi connectivity index (χ3n) is 3.52. The summed E-state index contributed by atoms with van der Waals surface area (Å²) in [7, 11) is 4.62. The Hall–Kier alpha value is -2.34. The minimum atomic E-state index is -0.173. The van der Waals surface area contributed by atoms with E-state index in [1.807, 2.05) is 24.3 Å². The highest BCUT2D eigenvalue weighted by molar-refractivity contribution is 7.99. The smallest absolute Gasteiger partial charge is 0.256 e. The minimum absolute atomic E-state index is 0.173. The summed E-state index contributed by atoms with van der Waals surface area (Å²) < 4.78 is 15.9. The summed E-state index contributed by atoms with van der Waals surface area (Å²) in [6, 6.07) is 11.0. The number of rotatable bonds is 8. The van der Waals surface area contributed by atoms with Crippen LogP contribution in [-0.4, -0.2) is 33.0 Å². The number of methoxy groups -OCH3 is 3. The van der Waals surface area contributed by atoms with Crippen molar-refractivity contribution in [3.8, 4) is 17.2 Å². The van der Waals surface area contributed by atoms with Gasteiger partial charge in [-0.15, -0.1) is 11.8 Å². The van der Waals surface area contributed by atoms with E-state index in [4.69, 9.17) is 14.2 Å². The molecule has 1 N–H and O–H groups in total. The number of carbonyl (C=O) groups is 1. The second-order valence-corrected chi connectivity index (χ2v) is 6.35. The standard InChI is InChI=1S/C19H23NO4S/c1-5-10-25-17-9-7-6-8-14(17)19(21)20-13-11-15(22-2)18(24-4)16(12-13)23-3/h6-9,11-12H,5,10H2,1-4H3,(H,20,21). The molecule has 0 unspecified atom stereocenters. The van der Waals surface area contributed by atoms with Crippen LogP contribution in [0.25, 0.3) is 0 Å². The summed E-state index contributed by atoms with van der Waals surface area (Å²) in [5.41, 5.74) is 1.23. The monoisotopic (exact) mass is 361 g/mol. The molecule has 0 saturated carbocycles. The normalized spacial score (nSPS) is 10.2. The number of carbonyl (C=O) groups excluding carboxylic acids is 1. The quantitative estimate of drug-likeness (QED) is 0.703. The van der Waals surface area contributed by atoms with Gasteiger partial charge in [0.1, 0.15) is 0 Å². The van der Waals surface area contributed by atoms with Crippen molar-refractivity contribution >= 4 is 23.4 Å². The first kappa shape index (κ1) is 19.0. The molecule has 25 heavy (non-hydrogen) atoms. The summed E-state index contributed by atoms with van der Waals surface area (Å²) in [6.07, 6.45) is 1.05. The Balaban J connectivity index is 2.29. The third-order valence-corrected chi connectivity index (χ3v) is 4.80. The summed E-state index contributed by atoms with van der Waals surface area (Å²) in [6.45, 7) is 2.12. The van der Waals surface area contributed by atoms with Crippen molar-refractivity contribution in [1.82, 2.24) is 0 Å². The van der Waals surface area contributed by atoms with Gasteiger partial charge in [0.25, 0.3) is 5.91 Å². The molecule has 0 aliphatic rings. The Labute approximate surface area is 152 Å². The third kappa shape index (κ3) is 4.60. The highest BCUT2D eigenvalue weighted by Gasteiger charge is 2.16. The van der Waals surface area contributed by atoms with Gasteiger partial charge < -0.3 is 19.5 Å². The van der Waals surface area contributed by atoms with Crippen molar-refractivity contribution in [2.75, 3.05) is 32.4 Å². The van der Waals surface area contributed by atoms with Gasteiger partial charge in [-0.05, 0) is 24.3 Å². The zero-order valence-electron chi connectivity index (χ0n) is 14.9.